The smallest absolute Gasteiger partial charge is 0.462 e. The minimum atomic E-state index is -4.42. The van der Waals surface area contributed by atoms with Crippen molar-refractivity contribution in [2.24, 2.45) is 0 Å². The Balaban J connectivity index is 4.06. The van der Waals surface area contributed by atoms with Crippen molar-refractivity contribution < 1.29 is 42.1 Å². The van der Waals surface area contributed by atoms with Crippen LogP contribution in [0.2, 0.25) is 0 Å². The first-order valence-electron chi connectivity index (χ1n) is 41.8. The molecule has 0 saturated carbocycles. The number of phosphoric ester groups is 1. The number of hydrogen-bond acceptors (Lipinski definition) is 7. The Hall–Kier alpha value is -5.41. The van der Waals surface area contributed by atoms with Gasteiger partial charge in [0.15, 0.2) is 6.10 Å². The van der Waals surface area contributed by atoms with Crippen LogP contribution in [-0.4, -0.2) is 74.9 Å². The third kappa shape index (κ3) is 85.5. The van der Waals surface area contributed by atoms with Gasteiger partial charge in [-0.15, -0.1) is 0 Å². The normalized spacial score (nSPS) is 14.1. The summed E-state index contributed by atoms with van der Waals surface area (Å²) in [6, 6.07) is 0. The first-order valence-corrected chi connectivity index (χ1v) is 43.3. The molecule has 0 aliphatic carbocycles. The van der Waals surface area contributed by atoms with Crippen molar-refractivity contribution in [3.8, 4) is 0 Å². The molecular formula is C94H155NO8P+. The van der Waals surface area contributed by atoms with Gasteiger partial charge in [-0.25, -0.2) is 4.57 Å². The highest BCUT2D eigenvalue weighted by Gasteiger charge is 2.27. The Morgan fingerprint density at radius 3 is 0.769 bits per heavy atom. The summed E-state index contributed by atoms with van der Waals surface area (Å²) in [7, 11) is 1.44. The summed E-state index contributed by atoms with van der Waals surface area (Å²) in [5, 5.41) is 0. The first-order chi connectivity index (χ1) is 51.0. The molecule has 0 aliphatic rings. The van der Waals surface area contributed by atoms with Crippen LogP contribution < -0.4 is 0 Å². The van der Waals surface area contributed by atoms with Gasteiger partial charge in [0.1, 0.15) is 19.8 Å². The zero-order valence-corrected chi connectivity index (χ0v) is 68.1. The summed E-state index contributed by atoms with van der Waals surface area (Å²) < 4.78 is 34.8. The Morgan fingerprint density at radius 1 is 0.298 bits per heavy atom. The fourth-order valence-electron chi connectivity index (χ4n) is 11.0. The number of ether oxygens (including phenoxy) is 2. The third-order valence-corrected chi connectivity index (χ3v) is 18.3. The number of unbranched alkanes of at least 4 members (excludes halogenated alkanes) is 27. The lowest BCUT2D eigenvalue weighted by Crippen LogP contribution is -2.37. The van der Waals surface area contributed by atoms with Gasteiger partial charge in [0.25, 0.3) is 0 Å². The Morgan fingerprint density at radius 2 is 0.519 bits per heavy atom. The van der Waals surface area contributed by atoms with Gasteiger partial charge in [-0.1, -0.05) is 368 Å². The van der Waals surface area contributed by atoms with Crippen LogP contribution in [0.4, 0.5) is 0 Å². The third-order valence-electron chi connectivity index (χ3n) is 17.3. The molecule has 0 aromatic heterocycles. The maximum Gasteiger partial charge on any atom is 0.472 e. The van der Waals surface area contributed by atoms with E-state index < -0.39 is 26.5 Å². The molecule has 9 nitrogen and oxygen atoms in total. The fraction of sp³-hybridized carbons (Fsp3) is 0.617. The lowest BCUT2D eigenvalue weighted by atomic mass is 10.0. The van der Waals surface area contributed by atoms with E-state index >= 15 is 0 Å². The van der Waals surface area contributed by atoms with Gasteiger partial charge in [-0.2, -0.15) is 0 Å². The molecule has 0 aromatic rings. The van der Waals surface area contributed by atoms with Gasteiger partial charge in [-0.3, -0.25) is 18.6 Å². The van der Waals surface area contributed by atoms with Crippen LogP contribution in [0.15, 0.2) is 207 Å². The van der Waals surface area contributed by atoms with E-state index in [1.165, 1.54) is 135 Å². The number of esters is 2. The van der Waals surface area contributed by atoms with E-state index in [0.717, 1.165) is 154 Å². The largest absolute Gasteiger partial charge is 0.472 e. The lowest BCUT2D eigenvalue weighted by molar-refractivity contribution is -0.870. The molecule has 0 spiro atoms. The van der Waals surface area contributed by atoms with E-state index in [2.05, 4.69) is 220 Å². The molecule has 0 aliphatic heterocycles. The number of hydrogen-bond donors (Lipinski definition) is 1. The van der Waals surface area contributed by atoms with Crippen LogP contribution in [0.25, 0.3) is 0 Å². The molecule has 1 N–H and O–H groups in total. The molecule has 0 aromatic carbocycles. The Labute approximate surface area is 640 Å². The summed E-state index contributed by atoms with van der Waals surface area (Å²) in [5.41, 5.74) is 0. The van der Waals surface area contributed by atoms with Crippen molar-refractivity contribution in [3.63, 3.8) is 0 Å². The minimum Gasteiger partial charge on any atom is -0.462 e. The van der Waals surface area contributed by atoms with E-state index in [-0.39, 0.29) is 32.0 Å². The topological polar surface area (TPSA) is 108 Å². The highest BCUT2D eigenvalue weighted by Crippen LogP contribution is 2.43. The van der Waals surface area contributed by atoms with Crippen molar-refractivity contribution in [1.29, 1.82) is 0 Å². The summed E-state index contributed by atoms with van der Waals surface area (Å²) in [5.74, 6) is -0.829. The molecule has 0 rings (SSSR count). The van der Waals surface area contributed by atoms with E-state index in [4.69, 9.17) is 18.5 Å². The number of quaternary nitrogens is 1. The van der Waals surface area contributed by atoms with E-state index in [1.807, 2.05) is 21.1 Å². The zero-order valence-electron chi connectivity index (χ0n) is 67.2. The first kappa shape index (κ1) is 98.6. The molecule has 10 heteroatoms. The Bertz CT molecular complexity index is 2520. The fourth-order valence-corrected chi connectivity index (χ4v) is 11.8. The second-order valence-corrected chi connectivity index (χ2v) is 29.8. The van der Waals surface area contributed by atoms with E-state index in [1.54, 1.807) is 0 Å². The number of carbonyl (C=O) groups excluding carboxylic acids is 2. The van der Waals surface area contributed by atoms with Gasteiger partial charge in [0.2, 0.25) is 0 Å². The highest BCUT2D eigenvalue weighted by atomic mass is 31.2. The predicted octanol–water partition coefficient (Wildman–Crippen LogP) is 28.5. The predicted molar refractivity (Wildman–Crippen MR) is 454 cm³/mol. The summed E-state index contributed by atoms with van der Waals surface area (Å²) in [4.78, 5) is 36.0. The number of rotatable bonds is 75. The molecule has 104 heavy (non-hydrogen) atoms. The van der Waals surface area contributed by atoms with Crippen molar-refractivity contribution in [3.05, 3.63) is 207 Å². The molecule has 0 radical (unpaired) electrons. The van der Waals surface area contributed by atoms with Gasteiger partial charge in [-0.05, 0) is 148 Å². The Kier molecular flexibility index (Phi) is 77.4. The zero-order chi connectivity index (χ0) is 75.4. The van der Waals surface area contributed by atoms with Crippen LogP contribution >= 0.6 is 7.82 Å². The molecule has 0 saturated heterocycles. The average Bonchev–Trinajstić information content (AvgIpc) is 0.920. The number of likely N-dealkylation sites (N-methyl/N-ethyl adjacent to an activating group) is 1. The molecule has 0 heterocycles. The van der Waals surface area contributed by atoms with Crippen LogP contribution in [0.5, 0.6) is 0 Å². The lowest BCUT2D eigenvalue weighted by Gasteiger charge is -2.24. The van der Waals surface area contributed by atoms with Crippen molar-refractivity contribution in [2.45, 2.75) is 328 Å². The summed E-state index contributed by atoms with van der Waals surface area (Å²) in [6.07, 6.45) is 128. The van der Waals surface area contributed by atoms with Crippen LogP contribution in [0, 0.1) is 0 Å². The van der Waals surface area contributed by atoms with Crippen LogP contribution in [0.3, 0.4) is 0 Å². The molecule has 0 bridgehead atoms. The number of allylic oxidation sites excluding steroid dienone is 34. The quantitative estimate of drug-likeness (QED) is 0.0211. The monoisotopic (exact) mass is 1460 g/mol. The van der Waals surface area contributed by atoms with Crippen molar-refractivity contribution in [1.82, 2.24) is 0 Å². The van der Waals surface area contributed by atoms with E-state index in [0.29, 0.717) is 17.4 Å². The van der Waals surface area contributed by atoms with Crippen LogP contribution in [0.1, 0.15) is 322 Å². The molecule has 2 unspecified atom stereocenters. The second kappa shape index (κ2) is 81.7. The molecular weight excluding hydrogens is 1300 g/mol. The highest BCUT2D eigenvalue weighted by molar-refractivity contribution is 7.47. The second-order valence-electron chi connectivity index (χ2n) is 28.4. The van der Waals surface area contributed by atoms with Crippen LogP contribution in [-0.2, 0) is 32.7 Å². The minimum absolute atomic E-state index is 0.0179. The number of phosphoric acid groups is 1. The van der Waals surface area contributed by atoms with Gasteiger partial charge < -0.3 is 18.9 Å². The van der Waals surface area contributed by atoms with Gasteiger partial charge >= 0.3 is 19.8 Å². The molecule has 0 amide bonds. The molecule has 588 valence electrons. The van der Waals surface area contributed by atoms with Crippen molar-refractivity contribution in [2.75, 3.05) is 47.5 Å². The standard InChI is InChI=1S/C94H154NO8P/c1-6-8-10-12-14-16-18-20-22-24-26-28-30-32-34-36-38-40-42-44-46-47-49-51-53-55-57-59-61-63-65-67-69-71-73-75-77-79-81-83-85-87-94(97)103-92(91-102-104(98,99)101-89-88-95(3,4)5)90-100-93(96)86-84-82-80-78-76-74-72-70-68-66-64-62-60-58-56-54-52-50-48-45-43-41-39-37-35-33-31-29-27-25-23-21-19-17-15-13-11-9-7-2/h8-11,14-17,20-23,26-29,32-35,38,40,44,46,49,51,55,57,61,63,67,69,73,75,92H,6-7,12-13,18-19,24-25,30-31,36-37,39,41-43,45,47-48,50,52-54,56,58-60,62,64-66,68,70-72,74,76-91H2,1-5H3/p+1/b10-8-,11-9-,16-14-,17-15-,22-20-,23-21-,28-26-,29-27-,34-32-,35-33-,40-38-,46-44-,51-49-,57-55-,63-61-,69-67-,75-73-. The van der Waals surface area contributed by atoms with E-state index in [9.17, 15) is 19.0 Å². The average molecular weight is 1460 g/mol. The SMILES string of the molecule is CC/C=C\C/C=C\C/C=C\C/C=C\C/C=C\C/C=C\C/C=C\C/C=C\C/C=C\C/C=C\C/C=C\C/C=C\CCCCCCC(=O)OC(COC(=O)CCCCCCCCCCCCCCCCCCCCCCCCC/C=C\C/C=C\C/C=C\C/C=C\C/C=C\CC)COP(=O)(O)OCC[N+](C)(C)C. The summed E-state index contributed by atoms with van der Waals surface area (Å²) >= 11 is 0. The summed E-state index contributed by atoms with van der Waals surface area (Å²) in [6.45, 7) is 4.18. The maximum absolute atomic E-state index is 12.9. The molecule has 2 atom stereocenters. The van der Waals surface area contributed by atoms with Crippen molar-refractivity contribution >= 4 is 19.8 Å². The molecule has 0 fully saturated rings. The number of nitrogens with zero attached hydrogens (tertiary/aromatic N) is 1. The van der Waals surface area contributed by atoms with Gasteiger partial charge in [0.05, 0.1) is 27.7 Å². The van der Waals surface area contributed by atoms with Gasteiger partial charge in [0, 0.05) is 12.8 Å². The number of carbonyl (C=O) groups is 2. The maximum atomic E-state index is 12.9.